The maximum Gasteiger partial charge on any atom is 0.303 e. The molecule has 0 bridgehead atoms. The first-order chi connectivity index (χ1) is 12.1. The number of rotatable bonds is 7. The van der Waals surface area contributed by atoms with Gasteiger partial charge in [-0.25, -0.2) is 0 Å². The number of carbonyl (C=O) groups excluding carboxylic acids is 1. The molecule has 1 amide bonds. The van der Waals surface area contributed by atoms with Gasteiger partial charge in [-0.05, 0) is 60.9 Å². The fourth-order valence-corrected chi connectivity index (χ4v) is 4.72. The lowest BCUT2D eigenvalue weighted by atomic mass is 9.97. The Bertz CT molecular complexity index is 739. The topological polar surface area (TPSA) is 57.6 Å². The molecule has 0 aliphatic carbocycles. The van der Waals surface area contributed by atoms with Crippen molar-refractivity contribution in [2.75, 3.05) is 6.54 Å². The van der Waals surface area contributed by atoms with Gasteiger partial charge in [0.1, 0.15) is 0 Å². The summed E-state index contributed by atoms with van der Waals surface area (Å²) >= 11 is 1.76. The van der Waals surface area contributed by atoms with Crippen LogP contribution in [0.5, 0.6) is 0 Å². The van der Waals surface area contributed by atoms with Crippen LogP contribution in [0.15, 0.2) is 29.6 Å². The summed E-state index contributed by atoms with van der Waals surface area (Å²) in [6.45, 7) is 0.782. The van der Waals surface area contributed by atoms with Crippen molar-refractivity contribution in [3.63, 3.8) is 0 Å². The summed E-state index contributed by atoms with van der Waals surface area (Å²) in [4.78, 5) is 25.4. The summed E-state index contributed by atoms with van der Waals surface area (Å²) < 4.78 is 1.30. The Balaban J connectivity index is 1.53. The first kappa shape index (κ1) is 17.9. The van der Waals surface area contributed by atoms with Gasteiger partial charge in [0.05, 0.1) is 0 Å². The quantitative estimate of drug-likeness (QED) is 0.793. The highest BCUT2D eigenvalue weighted by atomic mass is 32.1. The number of amides is 1. The number of hydrogen-bond donors (Lipinski definition) is 1. The number of carboxylic acids is 1. The number of fused-ring (bicyclic) bond motifs is 1. The van der Waals surface area contributed by atoms with E-state index in [4.69, 9.17) is 5.11 Å². The Morgan fingerprint density at radius 2 is 2.04 bits per heavy atom. The van der Waals surface area contributed by atoms with Gasteiger partial charge in [-0.3, -0.25) is 9.59 Å². The number of aliphatic carboxylic acids is 1. The average Bonchev–Trinajstić information content (AvgIpc) is 3.03. The van der Waals surface area contributed by atoms with Crippen molar-refractivity contribution in [2.24, 2.45) is 0 Å². The maximum absolute atomic E-state index is 12.6. The van der Waals surface area contributed by atoms with E-state index in [1.165, 1.54) is 15.6 Å². The zero-order valence-electron chi connectivity index (χ0n) is 14.4. The molecule has 1 saturated heterocycles. The minimum Gasteiger partial charge on any atom is -0.481 e. The predicted molar refractivity (Wildman–Crippen MR) is 101 cm³/mol. The second kappa shape index (κ2) is 8.48. The highest BCUT2D eigenvalue weighted by Gasteiger charge is 2.26. The van der Waals surface area contributed by atoms with Gasteiger partial charge < -0.3 is 10.0 Å². The minimum atomic E-state index is -0.776. The van der Waals surface area contributed by atoms with E-state index in [0.29, 0.717) is 12.8 Å². The minimum absolute atomic E-state index is 0.110. The van der Waals surface area contributed by atoms with Gasteiger partial charge in [0.2, 0.25) is 5.91 Å². The van der Waals surface area contributed by atoms with E-state index < -0.39 is 5.97 Å². The van der Waals surface area contributed by atoms with Crippen LogP contribution < -0.4 is 0 Å². The largest absolute Gasteiger partial charge is 0.481 e. The number of nitrogens with zero attached hydrogens (tertiary/aromatic N) is 1. The molecule has 1 aliphatic heterocycles. The van der Waals surface area contributed by atoms with Crippen molar-refractivity contribution >= 4 is 33.3 Å². The summed E-state index contributed by atoms with van der Waals surface area (Å²) in [5.74, 6) is -0.586. The molecule has 2 heterocycles. The van der Waals surface area contributed by atoms with Crippen molar-refractivity contribution in [3.05, 3.63) is 35.2 Å². The van der Waals surface area contributed by atoms with Gasteiger partial charge in [-0.2, -0.15) is 0 Å². The van der Waals surface area contributed by atoms with Gasteiger partial charge in [0.25, 0.3) is 0 Å². The van der Waals surface area contributed by atoms with Crippen LogP contribution in [0.1, 0.15) is 50.5 Å². The molecule has 25 heavy (non-hydrogen) atoms. The first-order valence-electron chi connectivity index (χ1n) is 9.11. The molecule has 1 aromatic carbocycles. The van der Waals surface area contributed by atoms with Crippen molar-refractivity contribution in [3.8, 4) is 0 Å². The molecule has 1 unspecified atom stereocenters. The van der Waals surface area contributed by atoms with Gasteiger partial charge in [0.15, 0.2) is 0 Å². The normalized spacial score (nSPS) is 17.8. The molecule has 2 aromatic rings. The third-order valence-corrected chi connectivity index (χ3v) is 6.05. The van der Waals surface area contributed by atoms with Crippen LogP contribution in [-0.2, 0) is 16.0 Å². The molecule has 1 N–H and O–H groups in total. The van der Waals surface area contributed by atoms with Crippen LogP contribution in [0.2, 0.25) is 0 Å². The zero-order valence-corrected chi connectivity index (χ0v) is 15.3. The molecule has 1 aliphatic rings. The summed E-state index contributed by atoms with van der Waals surface area (Å²) in [5, 5.41) is 12.4. The Morgan fingerprint density at radius 1 is 1.20 bits per heavy atom. The summed E-state index contributed by atoms with van der Waals surface area (Å²) in [6, 6.07) is 8.51. The summed E-state index contributed by atoms with van der Waals surface area (Å²) in [7, 11) is 0. The van der Waals surface area contributed by atoms with E-state index in [9.17, 15) is 9.59 Å². The monoisotopic (exact) mass is 359 g/mol. The molecule has 0 spiro atoms. The Hall–Kier alpha value is -1.88. The van der Waals surface area contributed by atoms with Crippen LogP contribution in [0.4, 0.5) is 0 Å². The predicted octanol–water partition coefficient (Wildman–Crippen LogP) is 4.47. The average molecular weight is 359 g/mol. The smallest absolute Gasteiger partial charge is 0.303 e. The number of carboxylic acid groups (broad SMARTS) is 1. The summed E-state index contributed by atoms with van der Waals surface area (Å²) in [5.41, 5.74) is 1.33. The Morgan fingerprint density at radius 3 is 2.88 bits per heavy atom. The Kier molecular flexibility index (Phi) is 6.08. The third kappa shape index (κ3) is 4.60. The lowest BCUT2D eigenvalue weighted by Gasteiger charge is -2.35. The van der Waals surface area contributed by atoms with E-state index in [1.54, 1.807) is 11.3 Å². The van der Waals surface area contributed by atoms with Crippen LogP contribution >= 0.6 is 11.3 Å². The molecule has 0 radical (unpaired) electrons. The Labute approximate surface area is 152 Å². The van der Waals surface area contributed by atoms with Crippen molar-refractivity contribution < 1.29 is 14.7 Å². The van der Waals surface area contributed by atoms with E-state index in [0.717, 1.165) is 38.6 Å². The van der Waals surface area contributed by atoms with Gasteiger partial charge in [0, 0.05) is 30.1 Å². The number of piperidine rings is 1. The molecule has 5 heteroatoms. The lowest BCUT2D eigenvalue weighted by Crippen LogP contribution is -2.43. The van der Waals surface area contributed by atoms with Crippen LogP contribution in [0.25, 0.3) is 10.1 Å². The van der Waals surface area contributed by atoms with Gasteiger partial charge >= 0.3 is 5.97 Å². The van der Waals surface area contributed by atoms with Crippen molar-refractivity contribution in [1.82, 2.24) is 4.90 Å². The molecule has 3 rings (SSSR count). The fourth-order valence-electron chi connectivity index (χ4n) is 3.72. The van der Waals surface area contributed by atoms with Crippen LogP contribution in [-0.4, -0.2) is 34.5 Å². The molecule has 4 nitrogen and oxygen atoms in total. The number of benzene rings is 1. The highest BCUT2D eigenvalue weighted by molar-refractivity contribution is 7.17. The number of carbonyl (C=O) groups is 2. The van der Waals surface area contributed by atoms with E-state index in [-0.39, 0.29) is 18.4 Å². The van der Waals surface area contributed by atoms with Crippen molar-refractivity contribution in [2.45, 2.75) is 57.4 Å². The van der Waals surface area contributed by atoms with E-state index in [2.05, 4.69) is 29.6 Å². The standard InChI is InChI=1S/C20H25NO3S/c22-19(21-13-4-3-7-16(21)11-12-20(23)24)10-5-6-15-14-25-18-9-2-1-8-17(15)18/h1-2,8-9,14,16H,3-7,10-13H2,(H,23,24). The molecule has 1 atom stereocenters. The number of thiophene rings is 1. The second-order valence-corrected chi connectivity index (χ2v) is 7.69. The third-order valence-electron chi connectivity index (χ3n) is 5.04. The molecule has 0 saturated carbocycles. The molecular formula is C20H25NO3S. The van der Waals surface area contributed by atoms with Crippen molar-refractivity contribution in [1.29, 1.82) is 0 Å². The highest BCUT2D eigenvalue weighted by Crippen LogP contribution is 2.27. The molecule has 1 fully saturated rings. The summed E-state index contributed by atoms with van der Waals surface area (Å²) in [6.07, 6.45) is 6.11. The SMILES string of the molecule is O=C(O)CCC1CCCCN1C(=O)CCCc1csc2ccccc12. The van der Waals surface area contributed by atoms with Crippen LogP contribution in [0, 0.1) is 0 Å². The van der Waals surface area contributed by atoms with E-state index >= 15 is 0 Å². The second-order valence-electron chi connectivity index (χ2n) is 6.78. The van der Waals surface area contributed by atoms with Crippen LogP contribution in [0.3, 0.4) is 0 Å². The van der Waals surface area contributed by atoms with Gasteiger partial charge in [-0.1, -0.05) is 18.2 Å². The molecular weight excluding hydrogens is 334 g/mol. The fraction of sp³-hybridized carbons (Fsp3) is 0.500. The lowest BCUT2D eigenvalue weighted by molar-refractivity contribution is -0.140. The first-order valence-corrected chi connectivity index (χ1v) is 9.99. The van der Waals surface area contributed by atoms with E-state index in [1.807, 2.05) is 4.90 Å². The maximum atomic E-state index is 12.6. The number of hydrogen-bond acceptors (Lipinski definition) is 3. The number of aryl methyl sites for hydroxylation is 1. The van der Waals surface area contributed by atoms with Gasteiger partial charge in [-0.15, -0.1) is 11.3 Å². The molecule has 134 valence electrons. The number of likely N-dealkylation sites (tertiary alicyclic amines) is 1. The molecule has 1 aromatic heterocycles. The zero-order chi connectivity index (χ0) is 17.6.